The van der Waals surface area contributed by atoms with E-state index in [1.807, 2.05) is 6.92 Å². The Morgan fingerprint density at radius 1 is 0.741 bits per heavy atom. The first kappa shape index (κ1) is 18.7. The van der Waals surface area contributed by atoms with Gasteiger partial charge in [0.25, 0.3) is 0 Å². The molecule has 0 atom stereocenters. The second-order valence-electron chi connectivity index (χ2n) is 6.77. The lowest BCUT2D eigenvalue weighted by Crippen LogP contribution is -1.88. The summed E-state index contributed by atoms with van der Waals surface area (Å²) in [5, 5.41) is 0. The van der Waals surface area contributed by atoms with E-state index in [1.54, 1.807) is 0 Å². The molecule has 0 saturated carbocycles. The average Bonchev–Trinajstić information content (AvgIpc) is 2.69. The van der Waals surface area contributed by atoms with Gasteiger partial charge >= 0.3 is 0 Å². The van der Waals surface area contributed by atoms with Crippen LogP contribution in [0.4, 0.5) is 0 Å². The minimum Gasteiger partial charge on any atom is -0.0874 e. The fourth-order valence-electron chi connectivity index (χ4n) is 3.21. The summed E-state index contributed by atoms with van der Waals surface area (Å²) in [7, 11) is 0. The van der Waals surface area contributed by atoms with Crippen LogP contribution in [-0.4, -0.2) is 0 Å². The molecule has 3 aromatic rings. The monoisotopic (exact) mass is 350 g/mol. The summed E-state index contributed by atoms with van der Waals surface area (Å²) in [4.78, 5) is 0. The highest BCUT2D eigenvalue weighted by atomic mass is 14.1. The van der Waals surface area contributed by atoms with E-state index < -0.39 is 0 Å². The number of hydrogen-bond acceptors (Lipinski definition) is 0. The Kier molecular flexibility index (Phi) is 6.22. The van der Waals surface area contributed by atoms with E-state index in [0.29, 0.717) is 0 Å². The van der Waals surface area contributed by atoms with E-state index in [1.165, 1.54) is 39.0 Å². The highest BCUT2D eigenvalue weighted by Crippen LogP contribution is 2.34. The SMILES string of the molecule is C\C=C/C(C)=C\C=C\c1ccccc1-c1ccccc1-c1ccc(C)cc1. The minimum absolute atomic E-state index is 1.22. The summed E-state index contributed by atoms with van der Waals surface area (Å²) in [6.07, 6.45) is 10.6. The molecule has 0 aliphatic heterocycles. The van der Waals surface area contributed by atoms with Gasteiger partial charge < -0.3 is 0 Å². The zero-order valence-corrected chi connectivity index (χ0v) is 16.3. The maximum atomic E-state index is 2.21. The van der Waals surface area contributed by atoms with Crippen LogP contribution >= 0.6 is 0 Å². The van der Waals surface area contributed by atoms with Crippen LogP contribution in [0.1, 0.15) is 25.0 Å². The number of aryl methyl sites for hydroxylation is 1. The summed E-state index contributed by atoms with van der Waals surface area (Å²) in [5.41, 5.74) is 8.77. The van der Waals surface area contributed by atoms with E-state index in [0.717, 1.165) is 0 Å². The lowest BCUT2D eigenvalue weighted by Gasteiger charge is -2.13. The summed E-state index contributed by atoms with van der Waals surface area (Å²) in [5.74, 6) is 0. The number of hydrogen-bond donors (Lipinski definition) is 0. The fraction of sp³-hybridized carbons (Fsp3) is 0.111. The van der Waals surface area contributed by atoms with E-state index >= 15 is 0 Å². The molecule has 0 radical (unpaired) electrons. The second kappa shape index (κ2) is 9.00. The lowest BCUT2D eigenvalue weighted by atomic mass is 9.91. The van der Waals surface area contributed by atoms with Crippen LogP contribution in [0.25, 0.3) is 28.3 Å². The molecule has 0 nitrogen and oxygen atoms in total. The topological polar surface area (TPSA) is 0 Å². The largest absolute Gasteiger partial charge is 0.0874 e. The van der Waals surface area contributed by atoms with Crippen molar-refractivity contribution in [1.82, 2.24) is 0 Å². The van der Waals surface area contributed by atoms with Crippen molar-refractivity contribution >= 4 is 6.08 Å². The third-order valence-corrected chi connectivity index (χ3v) is 4.61. The van der Waals surface area contributed by atoms with E-state index in [-0.39, 0.29) is 0 Å². The van der Waals surface area contributed by atoms with Crippen molar-refractivity contribution in [1.29, 1.82) is 0 Å². The first-order valence-electron chi connectivity index (χ1n) is 9.42. The number of benzene rings is 3. The predicted octanol–water partition coefficient (Wildman–Crippen LogP) is 7.86. The quantitative estimate of drug-likeness (QED) is 0.411. The van der Waals surface area contributed by atoms with Crippen molar-refractivity contribution in [3.05, 3.63) is 114 Å². The molecule has 3 rings (SSSR count). The van der Waals surface area contributed by atoms with Gasteiger partial charge in [0, 0.05) is 0 Å². The Bertz CT molecular complexity index is 983. The summed E-state index contributed by atoms with van der Waals surface area (Å²) < 4.78 is 0. The summed E-state index contributed by atoms with van der Waals surface area (Å²) in [6, 6.07) is 26.0. The van der Waals surface area contributed by atoms with Gasteiger partial charge in [-0.2, -0.15) is 0 Å². The molecule has 0 fully saturated rings. The molecule has 0 bridgehead atoms. The Morgan fingerprint density at radius 3 is 2.07 bits per heavy atom. The van der Waals surface area contributed by atoms with E-state index in [9.17, 15) is 0 Å². The molecule has 0 aliphatic carbocycles. The highest BCUT2D eigenvalue weighted by Gasteiger charge is 2.09. The molecule has 0 saturated heterocycles. The average molecular weight is 351 g/mol. The molecule has 0 unspecified atom stereocenters. The molecule has 3 aromatic carbocycles. The fourth-order valence-corrected chi connectivity index (χ4v) is 3.21. The maximum absolute atomic E-state index is 2.21. The van der Waals surface area contributed by atoms with Crippen molar-refractivity contribution in [3.8, 4) is 22.3 Å². The minimum atomic E-state index is 1.22. The summed E-state index contributed by atoms with van der Waals surface area (Å²) >= 11 is 0. The molecular weight excluding hydrogens is 324 g/mol. The Labute approximate surface area is 163 Å². The van der Waals surface area contributed by atoms with Gasteiger partial charge in [-0.15, -0.1) is 0 Å². The van der Waals surface area contributed by atoms with Crippen LogP contribution in [0.3, 0.4) is 0 Å². The number of allylic oxidation sites excluding steroid dienone is 5. The molecule has 27 heavy (non-hydrogen) atoms. The molecule has 0 amide bonds. The zero-order chi connectivity index (χ0) is 19.1. The molecule has 0 N–H and O–H groups in total. The van der Waals surface area contributed by atoms with Crippen molar-refractivity contribution in [2.75, 3.05) is 0 Å². The van der Waals surface area contributed by atoms with Crippen LogP contribution in [0, 0.1) is 6.92 Å². The first-order valence-corrected chi connectivity index (χ1v) is 9.42. The molecule has 0 aliphatic rings. The van der Waals surface area contributed by atoms with Crippen molar-refractivity contribution < 1.29 is 0 Å². The Balaban J connectivity index is 2.05. The van der Waals surface area contributed by atoms with Crippen molar-refractivity contribution in [2.45, 2.75) is 20.8 Å². The van der Waals surface area contributed by atoms with Gasteiger partial charge in [0.1, 0.15) is 0 Å². The van der Waals surface area contributed by atoms with E-state index in [2.05, 4.69) is 117 Å². The van der Waals surface area contributed by atoms with Gasteiger partial charge in [0.15, 0.2) is 0 Å². The van der Waals surface area contributed by atoms with Gasteiger partial charge in [0.2, 0.25) is 0 Å². The van der Waals surface area contributed by atoms with Crippen LogP contribution in [0.2, 0.25) is 0 Å². The standard InChI is InChI=1S/C27H26/c1-4-10-21(2)11-9-13-23-12-5-6-14-25(23)27-16-8-7-15-26(27)24-19-17-22(3)18-20-24/h4-20H,1-3H3/b10-4-,13-9+,21-11-. The van der Waals surface area contributed by atoms with Crippen molar-refractivity contribution in [3.63, 3.8) is 0 Å². The van der Waals surface area contributed by atoms with Crippen LogP contribution in [-0.2, 0) is 0 Å². The lowest BCUT2D eigenvalue weighted by molar-refractivity contribution is 1.47. The normalized spacial score (nSPS) is 12.2. The summed E-state index contributed by atoms with van der Waals surface area (Å²) in [6.45, 7) is 6.28. The van der Waals surface area contributed by atoms with Crippen LogP contribution < -0.4 is 0 Å². The third-order valence-electron chi connectivity index (χ3n) is 4.61. The molecule has 0 spiro atoms. The van der Waals surface area contributed by atoms with Gasteiger partial charge in [-0.05, 0) is 48.6 Å². The molecule has 0 heteroatoms. The van der Waals surface area contributed by atoms with Gasteiger partial charge in [-0.1, -0.05) is 114 Å². The number of rotatable bonds is 5. The highest BCUT2D eigenvalue weighted by molar-refractivity contribution is 5.87. The smallest absolute Gasteiger partial charge is 0.00994 e. The van der Waals surface area contributed by atoms with Crippen LogP contribution in [0.5, 0.6) is 0 Å². The van der Waals surface area contributed by atoms with Crippen molar-refractivity contribution in [2.24, 2.45) is 0 Å². The van der Waals surface area contributed by atoms with Gasteiger partial charge in [-0.25, -0.2) is 0 Å². The molecule has 0 aromatic heterocycles. The second-order valence-corrected chi connectivity index (χ2v) is 6.77. The van der Waals surface area contributed by atoms with Gasteiger partial charge in [-0.3, -0.25) is 0 Å². The first-order chi connectivity index (χ1) is 13.2. The maximum Gasteiger partial charge on any atom is -0.00994 e. The Morgan fingerprint density at radius 2 is 1.37 bits per heavy atom. The van der Waals surface area contributed by atoms with E-state index in [4.69, 9.17) is 0 Å². The van der Waals surface area contributed by atoms with Crippen LogP contribution in [0.15, 0.2) is 103 Å². The van der Waals surface area contributed by atoms with Gasteiger partial charge in [0.05, 0.1) is 0 Å². The zero-order valence-electron chi connectivity index (χ0n) is 16.3. The molecule has 134 valence electrons. The predicted molar refractivity (Wildman–Crippen MR) is 120 cm³/mol. The molecule has 0 heterocycles. The molecular formula is C27H26. The Hall–Kier alpha value is -3.12. The third kappa shape index (κ3) is 4.74.